The fourth-order valence-electron chi connectivity index (χ4n) is 4.45. The zero-order valence-corrected chi connectivity index (χ0v) is 15.8. The molecule has 0 amide bonds. The number of hydrogen-bond acceptors (Lipinski definition) is 3. The highest BCUT2D eigenvalue weighted by Gasteiger charge is 2.59. The highest BCUT2D eigenvalue weighted by atomic mass is 35.5. The summed E-state index contributed by atoms with van der Waals surface area (Å²) in [7, 11) is 5.42. The minimum atomic E-state index is -0.986. The molecule has 0 heterocycles. The summed E-state index contributed by atoms with van der Waals surface area (Å²) in [6, 6.07) is 5.79. The predicted octanol–water partition coefficient (Wildman–Crippen LogP) is 2.74. The van der Waals surface area contributed by atoms with Crippen molar-refractivity contribution in [1.29, 1.82) is 0 Å². The van der Waals surface area contributed by atoms with Crippen molar-refractivity contribution in [3.05, 3.63) is 34.3 Å². The van der Waals surface area contributed by atoms with E-state index in [9.17, 15) is 4.79 Å². The SMILES string of the molecule is COC1CCC2(CC1)Cc1ccc(Cl)cc1[C@@]2(C=O)N=C(N)N(C)C. The molecule has 2 N–H and O–H groups in total. The zero-order chi connectivity index (χ0) is 18.2. The third-order valence-corrected chi connectivity index (χ3v) is 6.20. The van der Waals surface area contributed by atoms with Crippen molar-refractivity contribution in [3.63, 3.8) is 0 Å². The Hall–Kier alpha value is -1.59. The van der Waals surface area contributed by atoms with E-state index in [-0.39, 0.29) is 11.5 Å². The molecule has 2 aliphatic rings. The Bertz CT molecular complexity index is 696. The normalized spacial score (nSPS) is 31.8. The third-order valence-electron chi connectivity index (χ3n) is 5.96. The molecule has 0 bridgehead atoms. The van der Waals surface area contributed by atoms with Crippen molar-refractivity contribution in [2.24, 2.45) is 16.1 Å². The van der Waals surface area contributed by atoms with Crippen molar-refractivity contribution in [2.75, 3.05) is 21.2 Å². The first-order valence-electron chi connectivity index (χ1n) is 8.68. The summed E-state index contributed by atoms with van der Waals surface area (Å²) in [5.41, 5.74) is 6.94. The largest absolute Gasteiger partial charge is 0.381 e. The molecule has 1 aromatic rings. The van der Waals surface area contributed by atoms with Crippen molar-refractivity contribution in [3.8, 4) is 0 Å². The third kappa shape index (κ3) is 2.83. The van der Waals surface area contributed by atoms with Crippen LogP contribution in [0.4, 0.5) is 0 Å². The lowest BCUT2D eigenvalue weighted by Gasteiger charge is -2.45. The molecule has 1 aromatic carbocycles. The van der Waals surface area contributed by atoms with Crippen LogP contribution in [-0.4, -0.2) is 44.5 Å². The summed E-state index contributed by atoms with van der Waals surface area (Å²) in [6.07, 6.45) is 5.65. The molecule has 1 spiro atoms. The van der Waals surface area contributed by atoms with Crippen LogP contribution in [0.15, 0.2) is 23.2 Å². The van der Waals surface area contributed by atoms with E-state index in [1.54, 1.807) is 12.0 Å². The first-order valence-corrected chi connectivity index (χ1v) is 9.06. The summed E-state index contributed by atoms with van der Waals surface area (Å²) >= 11 is 6.25. The molecule has 0 aliphatic heterocycles. The molecule has 25 heavy (non-hydrogen) atoms. The number of methoxy groups -OCH3 is 1. The first kappa shape index (κ1) is 18.2. The average Bonchev–Trinajstić information content (AvgIpc) is 2.85. The van der Waals surface area contributed by atoms with Gasteiger partial charge in [-0.3, -0.25) is 0 Å². The van der Waals surface area contributed by atoms with Crippen LogP contribution in [0.2, 0.25) is 5.02 Å². The topological polar surface area (TPSA) is 67.9 Å². The molecule has 2 aliphatic carbocycles. The number of fused-ring (bicyclic) bond motifs is 1. The van der Waals surface area contributed by atoms with Gasteiger partial charge < -0.3 is 20.2 Å². The van der Waals surface area contributed by atoms with Gasteiger partial charge in [0.2, 0.25) is 0 Å². The highest BCUT2D eigenvalue weighted by Crippen LogP contribution is 2.59. The Morgan fingerprint density at radius 2 is 2.08 bits per heavy atom. The molecule has 5 nitrogen and oxygen atoms in total. The van der Waals surface area contributed by atoms with E-state index in [0.29, 0.717) is 11.0 Å². The number of benzene rings is 1. The number of carbonyl (C=O) groups is 1. The van der Waals surface area contributed by atoms with Crippen LogP contribution in [0.5, 0.6) is 0 Å². The number of halogens is 1. The van der Waals surface area contributed by atoms with E-state index < -0.39 is 5.54 Å². The molecule has 136 valence electrons. The fourth-order valence-corrected chi connectivity index (χ4v) is 4.63. The lowest BCUT2D eigenvalue weighted by atomic mass is 9.62. The molecule has 1 atom stereocenters. The van der Waals surface area contributed by atoms with Gasteiger partial charge in [0.15, 0.2) is 17.8 Å². The van der Waals surface area contributed by atoms with Crippen molar-refractivity contribution >= 4 is 23.8 Å². The number of nitrogens with zero attached hydrogens (tertiary/aromatic N) is 2. The molecule has 0 radical (unpaired) electrons. The average molecular weight is 364 g/mol. The first-order chi connectivity index (χ1) is 11.9. The minimum Gasteiger partial charge on any atom is -0.381 e. The van der Waals surface area contributed by atoms with Crippen LogP contribution in [0.25, 0.3) is 0 Å². The zero-order valence-electron chi connectivity index (χ0n) is 15.1. The molecule has 0 aromatic heterocycles. The lowest BCUT2D eigenvalue weighted by Crippen LogP contribution is -2.48. The summed E-state index contributed by atoms with van der Waals surface area (Å²) in [5.74, 6) is 0.355. The summed E-state index contributed by atoms with van der Waals surface area (Å²) in [6.45, 7) is 0. The second-order valence-electron chi connectivity index (χ2n) is 7.44. The predicted molar refractivity (Wildman–Crippen MR) is 99.9 cm³/mol. The van der Waals surface area contributed by atoms with E-state index in [1.807, 2.05) is 32.3 Å². The molecule has 1 fully saturated rings. The molecular formula is C19H26ClN3O2. The second-order valence-corrected chi connectivity index (χ2v) is 7.88. The highest BCUT2D eigenvalue weighted by molar-refractivity contribution is 6.30. The molecule has 0 unspecified atom stereocenters. The number of nitrogens with two attached hydrogens (primary N) is 1. The monoisotopic (exact) mass is 363 g/mol. The Morgan fingerprint density at radius 1 is 1.40 bits per heavy atom. The maximum atomic E-state index is 12.5. The Balaban J connectivity index is 2.16. The summed E-state index contributed by atoms with van der Waals surface area (Å²) in [4.78, 5) is 19.1. The van der Waals surface area contributed by atoms with Crippen LogP contribution >= 0.6 is 11.6 Å². The number of aldehydes is 1. The maximum Gasteiger partial charge on any atom is 0.192 e. The van der Waals surface area contributed by atoms with Gasteiger partial charge in [0.1, 0.15) is 0 Å². The van der Waals surface area contributed by atoms with Crippen LogP contribution < -0.4 is 5.73 Å². The molecular weight excluding hydrogens is 338 g/mol. The number of aliphatic imine (C=N–C) groups is 1. The van der Waals surface area contributed by atoms with Crippen molar-refractivity contribution in [2.45, 2.75) is 43.7 Å². The van der Waals surface area contributed by atoms with E-state index in [4.69, 9.17) is 27.1 Å². The number of ether oxygens (including phenoxy) is 1. The van der Waals surface area contributed by atoms with Crippen molar-refractivity contribution in [1.82, 2.24) is 4.90 Å². The number of carbonyl (C=O) groups excluding carboxylic acids is 1. The maximum absolute atomic E-state index is 12.5. The van der Waals surface area contributed by atoms with Crippen molar-refractivity contribution < 1.29 is 9.53 Å². The smallest absolute Gasteiger partial charge is 0.192 e. The number of rotatable bonds is 3. The molecule has 0 saturated heterocycles. The van der Waals surface area contributed by atoms with E-state index in [0.717, 1.165) is 49.5 Å². The van der Waals surface area contributed by atoms with Crippen LogP contribution in [0.1, 0.15) is 36.8 Å². The molecule has 3 rings (SSSR count). The van der Waals surface area contributed by atoms with Gasteiger partial charge in [0, 0.05) is 31.6 Å². The van der Waals surface area contributed by atoms with Gasteiger partial charge in [0.25, 0.3) is 0 Å². The lowest BCUT2D eigenvalue weighted by molar-refractivity contribution is -0.118. The minimum absolute atomic E-state index is 0.248. The Labute approximate surface area is 154 Å². The van der Waals surface area contributed by atoms with Gasteiger partial charge >= 0.3 is 0 Å². The van der Waals surface area contributed by atoms with Gasteiger partial charge in [-0.25, -0.2) is 4.99 Å². The fraction of sp³-hybridized carbons (Fsp3) is 0.579. The van der Waals surface area contributed by atoms with E-state index in [1.165, 1.54) is 0 Å². The van der Waals surface area contributed by atoms with Gasteiger partial charge in [-0.1, -0.05) is 17.7 Å². The molecule has 6 heteroatoms. The van der Waals surface area contributed by atoms with Crippen LogP contribution in [0.3, 0.4) is 0 Å². The van der Waals surface area contributed by atoms with Gasteiger partial charge in [-0.2, -0.15) is 0 Å². The van der Waals surface area contributed by atoms with Crippen LogP contribution in [0, 0.1) is 5.41 Å². The van der Waals surface area contributed by atoms with Gasteiger partial charge in [-0.15, -0.1) is 0 Å². The number of hydrogen-bond donors (Lipinski definition) is 1. The second kappa shape index (κ2) is 6.61. The summed E-state index contributed by atoms with van der Waals surface area (Å²) in [5, 5.41) is 0.617. The van der Waals surface area contributed by atoms with E-state index >= 15 is 0 Å². The quantitative estimate of drug-likeness (QED) is 0.509. The molecule has 1 saturated carbocycles. The van der Waals surface area contributed by atoms with Crippen LogP contribution in [-0.2, 0) is 21.5 Å². The van der Waals surface area contributed by atoms with Gasteiger partial charge in [-0.05, 0) is 55.4 Å². The van der Waals surface area contributed by atoms with E-state index in [2.05, 4.69) is 0 Å². The standard InChI is InChI=1S/C19H26ClN3O2/c1-23(2)17(21)22-19(12-24)16-10-14(20)5-4-13(16)11-18(19)8-6-15(25-3)7-9-18/h4-5,10,12,15H,6-9,11H2,1-3H3,(H2,21,22)/t15?,18?,19-/m1/s1. The van der Waals surface area contributed by atoms with Gasteiger partial charge in [0.05, 0.1) is 6.10 Å². The Morgan fingerprint density at radius 3 is 2.64 bits per heavy atom. The summed E-state index contributed by atoms with van der Waals surface area (Å²) < 4.78 is 5.53. The Kier molecular flexibility index (Phi) is 4.82. The number of guanidine groups is 1.